The monoisotopic (exact) mass is 247 g/mol. The molecule has 1 unspecified atom stereocenters. The van der Waals surface area contributed by atoms with Crippen molar-refractivity contribution in [1.29, 1.82) is 0 Å². The highest BCUT2D eigenvalue weighted by atomic mass is 16.2. The molecule has 0 spiro atoms. The van der Waals surface area contributed by atoms with Gasteiger partial charge in [0.15, 0.2) is 0 Å². The largest absolute Gasteiger partial charge is 0.299 e. The average molecular weight is 247 g/mol. The molecule has 98 valence electrons. The molecule has 0 aromatic heterocycles. The fraction of sp³-hybridized carbons (Fsp3) is 0.500. The Morgan fingerprint density at radius 2 is 2.17 bits per heavy atom. The van der Waals surface area contributed by atoms with Crippen molar-refractivity contribution in [2.45, 2.75) is 26.3 Å². The number of benzene rings is 1. The smallest absolute Gasteiger partial charge is 0.265 e. The summed E-state index contributed by atoms with van der Waals surface area (Å²) in [5.41, 5.74) is 3.99. The van der Waals surface area contributed by atoms with Crippen LogP contribution in [0.5, 0.6) is 0 Å². The molecule has 18 heavy (non-hydrogen) atoms. The number of carbonyl (C=O) groups is 1. The van der Waals surface area contributed by atoms with Crippen LogP contribution in [0.2, 0.25) is 0 Å². The van der Waals surface area contributed by atoms with Crippen molar-refractivity contribution in [2.24, 2.45) is 11.8 Å². The Kier molecular flexibility index (Phi) is 4.33. The molecule has 1 saturated heterocycles. The first-order valence-corrected chi connectivity index (χ1v) is 6.55. The normalized spacial score (nSPS) is 20.0. The van der Waals surface area contributed by atoms with Gasteiger partial charge in [-0.25, -0.2) is 5.84 Å². The van der Waals surface area contributed by atoms with Gasteiger partial charge >= 0.3 is 0 Å². The van der Waals surface area contributed by atoms with E-state index in [1.807, 2.05) is 24.3 Å². The summed E-state index contributed by atoms with van der Waals surface area (Å²) >= 11 is 0. The van der Waals surface area contributed by atoms with E-state index in [-0.39, 0.29) is 5.91 Å². The summed E-state index contributed by atoms with van der Waals surface area (Å²) in [4.78, 5) is 13.8. The topological polar surface area (TPSA) is 58.4 Å². The molecular formula is C14H21N3O. The first kappa shape index (κ1) is 13.1. The molecule has 1 amide bonds. The number of hydrogen-bond donors (Lipinski definition) is 2. The van der Waals surface area contributed by atoms with Crippen molar-refractivity contribution < 1.29 is 4.79 Å². The Morgan fingerprint density at radius 1 is 1.44 bits per heavy atom. The number of likely N-dealkylation sites (tertiary alicyclic amines) is 1. The molecule has 3 N–H and O–H groups in total. The van der Waals surface area contributed by atoms with E-state index in [0.29, 0.717) is 5.56 Å². The number of amides is 1. The highest BCUT2D eigenvalue weighted by molar-refractivity contribution is 5.93. The van der Waals surface area contributed by atoms with Crippen molar-refractivity contribution in [3.05, 3.63) is 35.4 Å². The van der Waals surface area contributed by atoms with E-state index in [4.69, 9.17) is 5.84 Å². The van der Waals surface area contributed by atoms with Gasteiger partial charge in [0, 0.05) is 18.7 Å². The lowest BCUT2D eigenvalue weighted by atomic mass is 10.1. The minimum Gasteiger partial charge on any atom is -0.299 e. The molecular weight excluding hydrogens is 226 g/mol. The molecule has 1 fully saturated rings. The Balaban J connectivity index is 1.92. The van der Waals surface area contributed by atoms with Gasteiger partial charge in [-0.15, -0.1) is 0 Å². The highest BCUT2D eigenvalue weighted by Gasteiger charge is 2.20. The molecule has 0 saturated carbocycles. The van der Waals surface area contributed by atoms with Crippen LogP contribution in [0, 0.1) is 5.92 Å². The maximum absolute atomic E-state index is 11.3. The second-order valence-electron chi connectivity index (χ2n) is 4.97. The van der Waals surface area contributed by atoms with Crippen molar-refractivity contribution in [1.82, 2.24) is 10.3 Å². The van der Waals surface area contributed by atoms with Crippen LogP contribution in [0.15, 0.2) is 24.3 Å². The third kappa shape index (κ3) is 3.09. The third-order valence-corrected chi connectivity index (χ3v) is 3.70. The van der Waals surface area contributed by atoms with E-state index in [0.717, 1.165) is 12.5 Å². The summed E-state index contributed by atoms with van der Waals surface area (Å²) in [6.07, 6.45) is 2.58. The van der Waals surface area contributed by atoms with Crippen LogP contribution in [0.1, 0.15) is 35.7 Å². The molecule has 1 heterocycles. The van der Waals surface area contributed by atoms with Crippen LogP contribution in [0.3, 0.4) is 0 Å². The zero-order chi connectivity index (χ0) is 13.0. The van der Waals surface area contributed by atoms with Gasteiger partial charge < -0.3 is 0 Å². The lowest BCUT2D eigenvalue weighted by Crippen LogP contribution is -2.29. The lowest BCUT2D eigenvalue weighted by molar-refractivity contribution is 0.0953. The predicted octanol–water partition coefficient (Wildman–Crippen LogP) is 1.52. The molecule has 0 bridgehead atoms. The molecule has 4 heteroatoms. The highest BCUT2D eigenvalue weighted by Crippen LogP contribution is 2.21. The van der Waals surface area contributed by atoms with Crippen LogP contribution < -0.4 is 11.3 Å². The number of nitrogens with one attached hydrogen (secondary N) is 1. The van der Waals surface area contributed by atoms with Crippen LogP contribution in [0.25, 0.3) is 0 Å². The summed E-state index contributed by atoms with van der Waals surface area (Å²) in [5.74, 6) is 5.71. The summed E-state index contributed by atoms with van der Waals surface area (Å²) in [6.45, 7) is 5.61. The van der Waals surface area contributed by atoms with Gasteiger partial charge in [0.2, 0.25) is 0 Å². The maximum Gasteiger partial charge on any atom is 0.265 e. The fourth-order valence-electron chi connectivity index (χ4n) is 2.49. The van der Waals surface area contributed by atoms with E-state index >= 15 is 0 Å². The van der Waals surface area contributed by atoms with Crippen LogP contribution in [-0.4, -0.2) is 23.9 Å². The maximum atomic E-state index is 11.3. The number of hydrazine groups is 1. The van der Waals surface area contributed by atoms with E-state index in [9.17, 15) is 4.79 Å². The molecule has 0 radical (unpaired) electrons. The van der Waals surface area contributed by atoms with E-state index in [1.54, 1.807) is 0 Å². The SMILES string of the molecule is CCC1CCN(Cc2ccc(C(=O)NN)cc2)C1. The molecule has 1 aromatic rings. The second-order valence-corrected chi connectivity index (χ2v) is 4.97. The van der Waals surface area contributed by atoms with E-state index < -0.39 is 0 Å². The van der Waals surface area contributed by atoms with Crippen LogP contribution in [-0.2, 0) is 6.54 Å². The molecule has 1 aromatic carbocycles. The minimum atomic E-state index is -0.242. The van der Waals surface area contributed by atoms with Crippen molar-refractivity contribution in [3.8, 4) is 0 Å². The molecule has 0 aliphatic carbocycles. The number of hydrogen-bond acceptors (Lipinski definition) is 3. The molecule has 2 rings (SSSR count). The first-order valence-electron chi connectivity index (χ1n) is 6.55. The third-order valence-electron chi connectivity index (χ3n) is 3.70. The quantitative estimate of drug-likeness (QED) is 0.482. The van der Waals surface area contributed by atoms with Gasteiger partial charge in [-0.2, -0.15) is 0 Å². The zero-order valence-corrected chi connectivity index (χ0v) is 10.9. The Morgan fingerprint density at radius 3 is 2.72 bits per heavy atom. The van der Waals surface area contributed by atoms with Gasteiger partial charge in [-0.05, 0) is 36.6 Å². The molecule has 1 aliphatic heterocycles. The van der Waals surface area contributed by atoms with Gasteiger partial charge in [0.25, 0.3) is 5.91 Å². The Labute approximate surface area is 108 Å². The van der Waals surface area contributed by atoms with E-state index in [1.165, 1.54) is 31.5 Å². The number of rotatable bonds is 4. The summed E-state index contributed by atoms with van der Waals surface area (Å²) in [6, 6.07) is 7.66. The minimum absolute atomic E-state index is 0.242. The molecule has 4 nitrogen and oxygen atoms in total. The zero-order valence-electron chi connectivity index (χ0n) is 10.9. The second kappa shape index (κ2) is 5.98. The average Bonchev–Trinajstić information content (AvgIpc) is 2.86. The number of nitrogens with zero attached hydrogens (tertiary/aromatic N) is 1. The van der Waals surface area contributed by atoms with Gasteiger partial charge in [0.05, 0.1) is 0 Å². The summed E-state index contributed by atoms with van der Waals surface area (Å²) in [7, 11) is 0. The van der Waals surface area contributed by atoms with Crippen LogP contribution in [0.4, 0.5) is 0 Å². The first-order chi connectivity index (χ1) is 8.72. The summed E-state index contributed by atoms with van der Waals surface area (Å²) in [5, 5.41) is 0. The summed E-state index contributed by atoms with van der Waals surface area (Å²) < 4.78 is 0. The van der Waals surface area contributed by atoms with E-state index in [2.05, 4.69) is 17.2 Å². The fourth-order valence-corrected chi connectivity index (χ4v) is 2.49. The number of nitrogens with two attached hydrogens (primary N) is 1. The van der Waals surface area contributed by atoms with Crippen molar-refractivity contribution in [2.75, 3.05) is 13.1 Å². The standard InChI is InChI=1S/C14H21N3O/c1-2-11-7-8-17(9-11)10-12-3-5-13(6-4-12)14(18)16-15/h3-6,11H,2,7-10,15H2,1H3,(H,16,18). The Hall–Kier alpha value is -1.39. The lowest BCUT2D eigenvalue weighted by Gasteiger charge is -2.15. The van der Waals surface area contributed by atoms with Gasteiger partial charge in [0.1, 0.15) is 0 Å². The van der Waals surface area contributed by atoms with Gasteiger partial charge in [-0.1, -0.05) is 25.5 Å². The van der Waals surface area contributed by atoms with Crippen LogP contribution >= 0.6 is 0 Å². The van der Waals surface area contributed by atoms with Crippen molar-refractivity contribution in [3.63, 3.8) is 0 Å². The van der Waals surface area contributed by atoms with Gasteiger partial charge in [-0.3, -0.25) is 15.1 Å². The van der Waals surface area contributed by atoms with Crippen molar-refractivity contribution >= 4 is 5.91 Å². The molecule has 1 atom stereocenters. The number of nitrogen functional groups attached to an aromatic ring is 1. The predicted molar refractivity (Wildman–Crippen MR) is 71.8 cm³/mol. The molecule has 1 aliphatic rings. The Bertz CT molecular complexity index is 402. The number of carbonyl (C=O) groups excluding carboxylic acids is 1.